The Labute approximate surface area is 128 Å². The van der Waals surface area contributed by atoms with E-state index in [0.29, 0.717) is 12.1 Å². The summed E-state index contributed by atoms with van der Waals surface area (Å²) in [6, 6.07) is 5.91. The number of amides is 1. The fraction of sp³-hybridized carbons (Fsp3) is 0.500. The predicted molar refractivity (Wildman–Crippen MR) is 78.4 cm³/mol. The molecule has 1 fully saturated rings. The Morgan fingerprint density at radius 1 is 1.32 bits per heavy atom. The van der Waals surface area contributed by atoms with Gasteiger partial charge in [0.2, 0.25) is 9.84 Å². The Kier molecular flexibility index (Phi) is 5.47. The van der Waals surface area contributed by atoms with Gasteiger partial charge in [-0.1, -0.05) is 12.1 Å². The standard InChI is InChI=1S/C14H18F2N2O3S/c15-14(16)22(20,21)9-10-3-5-11(6-4-10)13(19)18-8-12-2-1-7-17-12/h3-6,12,14,17H,1-2,7-9H2,(H,18,19). The van der Waals surface area contributed by atoms with Crippen molar-refractivity contribution in [3.05, 3.63) is 35.4 Å². The van der Waals surface area contributed by atoms with Gasteiger partial charge < -0.3 is 10.6 Å². The molecule has 5 nitrogen and oxygen atoms in total. The SMILES string of the molecule is O=C(NCC1CCCN1)c1ccc(CS(=O)(=O)C(F)F)cc1. The van der Waals surface area contributed by atoms with E-state index >= 15 is 0 Å². The molecular weight excluding hydrogens is 314 g/mol. The van der Waals surface area contributed by atoms with Crippen molar-refractivity contribution < 1.29 is 22.0 Å². The molecule has 1 aromatic carbocycles. The second-order valence-corrected chi connectivity index (χ2v) is 7.24. The molecule has 0 bridgehead atoms. The van der Waals surface area contributed by atoms with E-state index in [0.717, 1.165) is 19.4 Å². The lowest BCUT2D eigenvalue weighted by molar-refractivity contribution is 0.0950. The van der Waals surface area contributed by atoms with Gasteiger partial charge in [-0.15, -0.1) is 0 Å². The molecule has 122 valence electrons. The summed E-state index contributed by atoms with van der Waals surface area (Å²) in [6.45, 7) is 1.48. The molecule has 1 unspecified atom stereocenters. The van der Waals surface area contributed by atoms with Gasteiger partial charge in [-0.05, 0) is 37.1 Å². The minimum atomic E-state index is -4.45. The van der Waals surface area contributed by atoms with E-state index in [1.54, 1.807) is 0 Å². The van der Waals surface area contributed by atoms with Gasteiger partial charge in [0.05, 0.1) is 5.75 Å². The smallest absolute Gasteiger partial charge is 0.337 e. The number of hydrogen-bond donors (Lipinski definition) is 2. The quantitative estimate of drug-likeness (QED) is 0.823. The fourth-order valence-corrected chi connectivity index (χ4v) is 3.08. The van der Waals surface area contributed by atoms with E-state index in [2.05, 4.69) is 10.6 Å². The van der Waals surface area contributed by atoms with Crippen molar-refractivity contribution in [1.82, 2.24) is 10.6 Å². The van der Waals surface area contributed by atoms with Crippen molar-refractivity contribution >= 4 is 15.7 Å². The zero-order valence-electron chi connectivity index (χ0n) is 11.9. The molecule has 0 aliphatic carbocycles. The van der Waals surface area contributed by atoms with Crippen molar-refractivity contribution in [2.24, 2.45) is 0 Å². The molecule has 0 radical (unpaired) electrons. The number of carbonyl (C=O) groups is 1. The van der Waals surface area contributed by atoms with Crippen molar-refractivity contribution in [3.8, 4) is 0 Å². The third kappa shape index (κ3) is 4.48. The molecule has 1 amide bonds. The molecule has 1 aliphatic rings. The highest BCUT2D eigenvalue weighted by Gasteiger charge is 2.24. The summed E-state index contributed by atoms with van der Waals surface area (Å²) in [5, 5.41) is 6.04. The maximum atomic E-state index is 12.3. The van der Waals surface area contributed by atoms with Crippen LogP contribution in [0.2, 0.25) is 0 Å². The summed E-state index contributed by atoms with van der Waals surface area (Å²) in [5.41, 5.74) is 0.602. The summed E-state index contributed by atoms with van der Waals surface area (Å²) in [5.74, 6) is -4.40. The van der Waals surface area contributed by atoms with Gasteiger partial charge in [0, 0.05) is 18.2 Å². The molecule has 1 saturated heterocycles. The van der Waals surface area contributed by atoms with Crippen LogP contribution in [0.3, 0.4) is 0 Å². The van der Waals surface area contributed by atoms with Gasteiger partial charge in [0.25, 0.3) is 5.91 Å². The fourth-order valence-electron chi connectivity index (χ4n) is 2.30. The summed E-state index contributed by atoms with van der Waals surface area (Å²) in [7, 11) is -4.45. The van der Waals surface area contributed by atoms with Crippen LogP contribution in [0.15, 0.2) is 24.3 Å². The summed E-state index contributed by atoms with van der Waals surface area (Å²) in [6.07, 6.45) is 2.11. The van der Waals surface area contributed by atoms with E-state index in [4.69, 9.17) is 0 Å². The molecular formula is C14H18F2N2O3S. The van der Waals surface area contributed by atoms with Crippen LogP contribution < -0.4 is 10.6 Å². The third-order valence-corrected chi connectivity index (χ3v) is 4.81. The lowest BCUT2D eigenvalue weighted by Gasteiger charge is -2.11. The Morgan fingerprint density at radius 2 is 2.00 bits per heavy atom. The first kappa shape index (κ1) is 16.8. The van der Waals surface area contributed by atoms with Crippen molar-refractivity contribution in [2.75, 3.05) is 13.1 Å². The monoisotopic (exact) mass is 332 g/mol. The normalized spacial score (nSPS) is 18.6. The summed E-state index contributed by atoms with van der Waals surface area (Å²) < 4.78 is 46.9. The molecule has 1 aromatic rings. The number of nitrogens with one attached hydrogen (secondary N) is 2. The van der Waals surface area contributed by atoms with Crippen molar-refractivity contribution in [3.63, 3.8) is 0 Å². The minimum Gasteiger partial charge on any atom is -0.350 e. The van der Waals surface area contributed by atoms with Gasteiger partial charge in [-0.2, -0.15) is 8.78 Å². The minimum absolute atomic E-state index is 0.231. The van der Waals surface area contributed by atoms with Crippen LogP contribution in [0.25, 0.3) is 0 Å². The van der Waals surface area contributed by atoms with Crippen LogP contribution in [0, 0.1) is 0 Å². The topological polar surface area (TPSA) is 75.3 Å². The van der Waals surface area contributed by atoms with Crippen molar-refractivity contribution in [1.29, 1.82) is 0 Å². The highest BCUT2D eigenvalue weighted by Crippen LogP contribution is 2.14. The zero-order chi connectivity index (χ0) is 16.2. The first-order valence-electron chi connectivity index (χ1n) is 6.99. The molecule has 2 rings (SSSR count). The van der Waals surface area contributed by atoms with Gasteiger partial charge in [0.15, 0.2) is 0 Å². The Bertz CT molecular complexity index is 611. The maximum Gasteiger partial charge on any atom is 0.337 e. The number of halogens is 2. The highest BCUT2D eigenvalue weighted by atomic mass is 32.2. The van der Waals surface area contributed by atoms with Crippen LogP contribution in [-0.4, -0.2) is 39.2 Å². The average Bonchev–Trinajstić information content (AvgIpc) is 2.98. The number of sulfone groups is 1. The largest absolute Gasteiger partial charge is 0.350 e. The molecule has 2 N–H and O–H groups in total. The number of rotatable bonds is 6. The second kappa shape index (κ2) is 7.15. The van der Waals surface area contributed by atoms with Gasteiger partial charge >= 0.3 is 5.76 Å². The van der Waals surface area contributed by atoms with Crippen LogP contribution in [0.1, 0.15) is 28.8 Å². The predicted octanol–water partition coefficient (Wildman–Crippen LogP) is 1.31. The summed E-state index contributed by atoms with van der Waals surface area (Å²) >= 11 is 0. The van der Waals surface area contributed by atoms with Crippen LogP contribution in [-0.2, 0) is 15.6 Å². The summed E-state index contributed by atoms with van der Waals surface area (Å²) in [4.78, 5) is 11.9. The Hall–Kier alpha value is -1.54. The Balaban J connectivity index is 1.92. The van der Waals surface area contributed by atoms with E-state index in [-0.39, 0.29) is 17.5 Å². The molecule has 0 saturated carbocycles. The number of carbonyl (C=O) groups excluding carboxylic acids is 1. The molecule has 22 heavy (non-hydrogen) atoms. The van der Waals surface area contributed by atoms with E-state index < -0.39 is 21.3 Å². The first-order valence-corrected chi connectivity index (χ1v) is 8.70. The molecule has 0 spiro atoms. The van der Waals surface area contributed by atoms with E-state index in [9.17, 15) is 22.0 Å². The third-order valence-electron chi connectivity index (χ3n) is 3.53. The number of benzene rings is 1. The van der Waals surface area contributed by atoms with Crippen LogP contribution in [0.4, 0.5) is 8.78 Å². The lowest BCUT2D eigenvalue weighted by atomic mass is 10.1. The second-order valence-electron chi connectivity index (χ2n) is 5.27. The highest BCUT2D eigenvalue weighted by molar-refractivity contribution is 7.90. The van der Waals surface area contributed by atoms with Crippen LogP contribution in [0.5, 0.6) is 0 Å². The molecule has 0 aromatic heterocycles. The average molecular weight is 332 g/mol. The maximum absolute atomic E-state index is 12.3. The molecule has 1 heterocycles. The first-order chi connectivity index (χ1) is 10.4. The Morgan fingerprint density at radius 3 is 2.55 bits per heavy atom. The molecule has 8 heteroatoms. The van der Waals surface area contributed by atoms with Crippen LogP contribution >= 0.6 is 0 Å². The van der Waals surface area contributed by atoms with E-state index in [1.165, 1.54) is 24.3 Å². The molecule has 1 aliphatic heterocycles. The van der Waals surface area contributed by atoms with E-state index in [1.807, 2.05) is 0 Å². The van der Waals surface area contributed by atoms with Gasteiger partial charge in [0.1, 0.15) is 0 Å². The zero-order valence-corrected chi connectivity index (χ0v) is 12.7. The number of alkyl halides is 2. The van der Waals surface area contributed by atoms with Crippen molar-refractivity contribution in [2.45, 2.75) is 30.4 Å². The number of hydrogen-bond acceptors (Lipinski definition) is 4. The molecule has 1 atom stereocenters. The van der Waals surface area contributed by atoms with Gasteiger partial charge in [-0.25, -0.2) is 8.42 Å². The van der Waals surface area contributed by atoms with Gasteiger partial charge in [-0.3, -0.25) is 4.79 Å². The lowest BCUT2D eigenvalue weighted by Crippen LogP contribution is -2.37.